The van der Waals surface area contributed by atoms with Crippen LogP contribution in [0.2, 0.25) is 0 Å². The third-order valence-corrected chi connectivity index (χ3v) is 5.49. The molecule has 0 amide bonds. The summed E-state index contributed by atoms with van der Waals surface area (Å²) in [7, 11) is 2.12. The maximum absolute atomic E-state index is 10.7. The molecule has 0 bridgehead atoms. The molecule has 2 heterocycles. The van der Waals surface area contributed by atoms with E-state index in [0.717, 1.165) is 12.8 Å². The molecule has 0 atom stereocenters. The summed E-state index contributed by atoms with van der Waals surface area (Å²) >= 11 is 0. The standard InChI is InChI=1S/C26H26N2O2/c1-7-8-9-10-11-12-13-14-15-16-17-21-18-23(29)28(24(21)30)22-19-25(2,3)27(6)26(4,5)20-22/h17-18,22,29-30H,1,19-20H2,2-6H3. The Morgan fingerprint density at radius 1 is 0.933 bits per heavy atom. The fourth-order valence-corrected chi connectivity index (χ4v) is 3.87. The average Bonchev–Trinajstić information content (AvgIpc) is 2.94. The van der Waals surface area contributed by atoms with Crippen molar-refractivity contribution >= 4 is 6.08 Å². The molecule has 2 N–H and O–H groups in total. The molecule has 0 aromatic carbocycles. The van der Waals surface area contributed by atoms with Gasteiger partial charge in [0.25, 0.3) is 0 Å². The molecule has 0 unspecified atom stereocenters. The van der Waals surface area contributed by atoms with Gasteiger partial charge in [-0.05, 0) is 100 Å². The van der Waals surface area contributed by atoms with Gasteiger partial charge >= 0.3 is 0 Å². The van der Waals surface area contributed by atoms with Gasteiger partial charge in [-0.2, -0.15) is 0 Å². The summed E-state index contributed by atoms with van der Waals surface area (Å²) in [5.41, 5.74) is 25.8. The number of aromatic hydroxyl groups is 2. The zero-order valence-electron chi connectivity index (χ0n) is 18.1. The van der Waals surface area contributed by atoms with Gasteiger partial charge in [0.2, 0.25) is 5.88 Å². The maximum Gasteiger partial charge on any atom is 0.202 e. The van der Waals surface area contributed by atoms with Gasteiger partial charge in [-0.3, -0.25) is 9.47 Å². The van der Waals surface area contributed by atoms with Crippen molar-refractivity contribution in [1.82, 2.24) is 9.47 Å². The van der Waals surface area contributed by atoms with Crippen molar-refractivity contribution in [3.05, 3.63) is 75.5 Å². The number of rotatable bonds is 2. The van der Waals surface area contributed by atoms with Crippen LogP contribution in [0.3, 0.4) is 0 Å². The second kappa shape index (κ2) is 9.25. The first-order valence-electron chi connectivity index (χ1n) is 9.58. The minimum Gasteiger partial charge on any atom is -0.494 e. The molecule has 4 nitrogen and oxygen atoms in total. The van der Waals surface area contributed by atoms with Gasteiger partial charge in [-0.1, -0.05) is 11.5 Å². The quantitative estimate of drug-likeness (QED) is 0.696. The van der Waals surface area contributed by atoms with Gasteiger partial charge in [0.15, 0.2) is 5.88 Å². The number of likely N-dealkylation sites (tertiary alicyclic amines) is 1. The van der Waals surface area contributed by atoms with E-state index in [1.54, 1.807) is 4.57 Å². The molecule has 2 rings (SSSR count). The van der Waals surface area contributed by atoms with Crippen LogP contribution in [0.4, 0.5) is 0 Å². The third kappa shape index (κ3) is 5.25. The first-order chi connectivity index (χ1) is 14.1. The van der Waals surface area contributed by atoms with Crippen LogP contribution in [0.5, 0.6) is 11.8 Å². The van der Waals surface area contributed by atoms with E-state index in [-0.39, 0.29) is 28.9 Å². The molecule has 1 aromatic heterocycles. The van der Waals surface area contributed by atoms with E-state index in [1.807, 2.05) is 0 Å². The molecular formula is C26H26N2O2. The summed E-state index contributed by atoms with van der Waals surface area (Å²) in [6.07, 6.45) is 3.14. The van der Waals surface area contributed by atoms with Crippen LogP contribution in [0.25, 0.3) is 6.08 Å². The SMILES string of the molecule is C=C=C=C=C=C=C=C=C=C=C=Cc1cc(O)n(C2CC(C)(C)N(C)C(C)(C)C2)c1O. The molecule has 4 heteroatoms. The van der Waals surface area contributed by atoms with Crippen molar-refractivity contribution in [2.24, 2.45) is 0 Å². The average molecular weight is 399 g/mol. The molecule has 1 aliphatic heterocycles. The van der Waals surface area contributed by atoms with Crippen LogP contribution in [-0.4, -0.2) is 37.8 Å². The number of piperidine rings is 1. The normalized spacial score (nSPS) is 16.6. The van der Waals surface area contributed by atoms with Crippen LogP contribution in [-0.2, 0) is 0 Å². The van der Waals surface area contributed by atoms with Crippen molar-refractivity contribution in [2.75, 3.05) is 7.05 Å². The number of nitrogens with zero attached hydrogens (tertiary/aromatic N) is 2. The van der Waals surface area contributed by atoms with Gasteiger partial charge in [0, 0.05) is 34.8 Å². The summed E-state index contributed by atoms with van der Waals surface area (Å²) in [4.78, 5) is 2.36. The number of aromatic nitrogens is 1. The van der Waals surface area contributed by atoms with Gasteiger partial charge in [0.1, 0.15) is 0 Å². The topological polar surface area (TPSA) is 48.6 Å². The Kier molecular flexibility index (Phi) is 6.99. The first-order valence-corrected chi connectivity index (χ1v) is 9.58. The van der Waals surface area contributed by atoms with E-state index < -0.39 is 0 Å². The van der Waals surface area contributed by atoms with E-state index in [0.29, 0.717) is 5.56 Å². The molecular weight excluding hydrogens is 372 g/mol. The maximum atomic E-state index is 10.7. The second-order valence-corrected chi connectivity index (χ2v) is 8.36. The lowest BCUT2D eigenvalue weighted by molar-refractivity contribution is -0.0282. The molecule has 0 aliphatic carbocycles. The molecule has 30 heavy (non-hydrogen) atoms. The van der Waals surface area contributed by atoms with Crippen molar-refractivity contribution in [3.63, 3.8) is 0 Å². The van der Waals surface area contributed by atoms with Crippen molar-refractivity contribution < 1.29 is 10.2 Å². The lowest BCUT2D eigenvalue weighted by Crippen LogP contribution is -2.58. The predicted molar refractivity (Wildman–Crippen MR) is 117 cm³/mol. The fourth-order valence-electron chi connectivity index (χ4n) is 3.87. The molecule has 152 valence electrons. The molecule has 0 radical (unpaired) electrons. The second-order valence-electron chi connectivity index (χ2n) is 8.36. The van der Waals surface area contributed by atoms with Crippen LogP contribution < -0.4 is 0 Å². The lowest BCUT2D eigenvalue weighted by atomic mass is 9.77. The third-order valence-electron chi connectivity index (χ3n) is 5.49. The lowest BCUT2D eigenvalue weighted by Gasteiger charge is -2.53. The summed E-state index contributed by atoms with van der Waals surface area (Å²) in [6, 6.07) is 1.50. The Balaban J connectivity index is 2.41. The predicted octanol–water partition coefficient (Wildman–Crippen LogP) is 4.92. The van der Waals surface area contributed by atoms with Gasteiger partial charge in [-0.25, -0.2) is 0 Å². The highest BCUT2D eigenvalue weighted by atomic mass is 16.3. The van der Waals surface area contributed by atoms with E-state index in [2.05, 4.69) is 104 Å². The summed E-state index contributed by atoms with van der Waals surface area (Å²) in [5.74, 6) is 0.0418. The molecule has 1 fully saturated rings. The zero-order valence-corrected chi connectivity index (χ0v) is 18.1. The molecule has 0 spiro atoms. The highest BCUT2D eigenvalue weighted by molar-refractivity contribution is 5.57. The van der Waals surface area contributed by atoms with Crippen molar-refractivity contribution in [3.8, 4) is 11.8 Å². The van der Waals surface area contributed by atoms with Gasteiger partial charge in [0.05, 0.1) is 0 Å². The minimum absolute atomic E-state index is 0.0116. The van der Waals surface area contributed by atoms with E-state index >= 15 is 0 Å². The molecule has 1 aromatic rings. The van der Waals surface area contributed by atoms with Crippen LogP contribution in [0.15, 0.2) is 70.0 Å². The minimum atomic E-state index is -0.0692. The summed E-state index contributed by atoms with van der Waals surface area (Å²) in [5, 5.41) is 21.2. The molecule has 0 saturated carbocycles. The Morgan fingerprint density at radius 3 is 1.97 bits per heavy atom. The number of hydrogen-bond acceptors (Lipinski definition) is 3. The van der Waals surface area contributed by atoms with Crippen LogP contribution in [0, 0.1) is 0 Å². The van der Waals surface area contributed by atoms with Gasteiger partial charge < -0.3 is 10.2 Å². The monoisotopic (exact) mass is 398 g/mol. The Morgan fingerprint density at radius 2 is 1.43 bits per heavy atom. The van der Waals surface area contributed by atoms with Crippen molar-refractivity contribution in [1.29, 1.82) is 0 Å². The Hall–Kier alpha value is -3.62. The largest absolute Gasteiger partial charge is 0.494 e. The van der Waals surface area contributed by atoms with E-state index in [9.17, 15) is 10.2 Å². The highest BCUT2D eigenvalue weighted by Gasteiger charge is 2.44. The smallest absolute Gasteiger partial charge is 0.202 e. The summed E-state index contributed by atoms with van der Waals surface area (Å²) in [6.45, 7) is 12.1. The Bertz CT molecular complexity index is 1190. The zero-order chi connectivity index (χ0) is 22.4. The molecule has 1 aliphatic rings. The molecule has 1 saturated heterocycles. The van der Waals surface area contributed by atoms with Gasteiger partial charge in [-0.15, -0.1) is 0 Å². The highest BCUT2D eigenvalue weighted by Crippen LogP contribution is 2.46. The summed E-state index contributed by atoms with van der Waals surface area (Å²) < 4.78 is 1.61. The van der Waals surface area contributed by atoms with Crippen molar-refractivity contribution in [2.45, 2.75) is 57.7 Å². The van der Waals surface area contributed by atoms with Crippen LogP contribution >= 0.6 is 0 Å². The first kappa shape index (κ1) is 22.7. The van der Waals surface area contributed by atoms with E-state index in [1.165, 1.54) is 12.1 Å². The van der Waals surface area contributed by atoms with E-state index in [4.69, 9.17) is 0 Å². The Labute approximate surface area is 178 Å². The fraction of sp³-hybridized carbons (Fsp3) is 0.385. The van der Waals surface area contributed by atoms with Crippen LogP contribution in [0.1, 0.15) is 52.1 Å². The number of hydrogen-bond donors (Lipinski definition) is 2.